The van der Waals surface area contributed by atoms with E-state index in [1.807, 2.05) is 18.2 Å². The maximum atomic E-state index is 14.0. The molecule has 0 fully saturated rings. The van der Waals surface area contributed by atoms with Crippen molar-refractivity contribution in [2.75, 3.05) is 36.0 Å². The van der Waals surface area contributed by atoms with Crippen molar-refractivity contribution in [2.24, 2.45) is 0 Å². The lowest BCUT2D eigenvalue weighted by atomic mass is 10.1. The summed E-state index contributed by atoms with van der Waals surface area (Å²) in [5.74, 6) is 0.357. The Kier molecular flexibility index (Phi) is 3.82. The number of benzene rings is 2. The number of halogens is 1. The lowest BCUT2D eigenvalue weighted by molar-refractivity contribution is 0.0990. The first-order valence-corrected chi connectivity index (χ1v) is 9.57. The number of thiazole rings is 1. The van der Waals surface area contributed by atoms with Crippen LogP contribution in [0.3, 0.4) is 0 Å². The fourth-order valence-electron chi connectivity index (χ4n) is 3.58. The van der Waals surface area contributed by atoms with E-state index in [4.69, 9.17) is 4.74 Å². The average Bonchev–Trinajstić information content (AvgIpc) is 3.19. The number of hydrogen-bond donors (Lipinski definition) is 0. The van der Waals surface area contributed by atoms with Crippen LogP contribution in [-0.2, 0) is 0 Å². The van der Waals surface area contributed by atoms with Gasteiger partial charge in [0.2, 0.25) is 0 Å². The summed E-state index contributed by atoms with van der Waals surface area (Å²) in [6, 6.07) is 12.2. The molecule has 0 atom stereocenters. The van der Waals surface area contributed by atoms with E-state index >= 15 is 0 Å². The summed E-state index contributed by atoms with van der Waals surface area (Å²) in [4.78, 5) is 22.0. The SMILES string of the molecule is O=C(c1cnc(-c2ccccc2F)s1)N1CCN2CCOc3cccc1c32. The molecule has 3 heterocycles. The molecule has 2 aliphatic heterocycles. The van der Waals surface area contributed by atoms with Gasteiger partial charge in [-0.15, -0.1) is 11.3 Å². The number of ether oxygens (including phenoxy) is 1. The lowest BCUT2D eigenvalue weighted by Gasteiger charge is -2.40. The smallest absolute Gasteiger partial charge is 0.270 e. The molecule has 0 radical (unpaired) electrons. The molecule has 27 heavy (non-hydrogen) atoms. The quantitative estimate of drug-likeness (QED) is 0.677. The third-order valence-electron chi connectivity index (χ3n) is 4.86. The van der Waals surface area contributed by atoms with Crippen molar-refractivity contribution in [2.45, 2.75) is 0 Å². The summed E-state index contributed by atoms with van der Waals surface area (Å²) in [5.41, 5.74) is 2.24. The van der Waals surface area contributed by atoms with Gasteiger partial charge < -0.3 is 14.5 Å². The van der Waals surface area contributed by atoms with Crippen LogP contribution >= 0.6 is 11.3 Å². The Bertz CT molecular complexity index is 1040. The predicted octanol–water partition coefficient (Wildman–Crippen LogP) is 3.81. The zero-order chi connectivity index (χ0) is 18.4. The highest BCUT2D eigenvalue weighted by Crippen LogP contribution is 2.43. The van der Waals surface area contributed by atoms with E-state index in [2.05, 4.69) is 9.88 Å². The van der Waals surface area contributed by atoms with Crippen LogP contribution in [0, 0.1) is 5.82 Å². The molecule has 0 aliphatic carbocycles. The molecule has 2 aromatic carbocycles. The van der Waals surface area contributed by atoms with Gasteiger partial charge in [-0.05, 0) is 24.3 Å². The van der Waals surface area contributed by atoms with Crippen LogP contribution in [0.1, 0.15) is 9.67 Å². The zero-order valence-corrected chi connectivity index (χ0v) is 15.2. The highest BCUT2D eigenvalue weighted by Gasteiger charge is 2.32. The average molecular weight is 381 g/mol. The standard InChI is InChI=1S/C20H16FN3O2S/c21-14-5-2-1-4-13(14)19-22-12-17(27-19)20(25)24-9-8-23-10-11-26-16-7-3-6-15(24)18(16)23/h1-7,12H,8-11H2. The van der Waals surface area contributed by atoms with E-state index in [0.717, 1.165) is 30.2 Å². The molecule has 0 bridgehead atoms. The van der Waals surface area contributed by atoms with E-state index < -0.39 is 0 Å². The normalized spacial score (nSPS) is 15.3. The largest absolute Gasteiger partial charge is 0.489 e. The number of para-hydroxylation sites is 1. The van der Waals surface area contributed by atoms with Gasteiger partial charge in [0.1, 0.15) is 33.7 Å². The van der Waals surface area contributed by atoms with Gasteiger partial charge in [-0.1, -0.05) is 18.2 Å². The van der Waals surface area contributed by atoms with Crippen molar-refractivity contribution in [1.82, 2.24) is 4.98 Å². The van der Waals surface area contributed by atoms with Crippen molar-refractivity contribution in [3.8, 4) is 16.3 Å². The maximum absolute atomic E-state index is 14.0. The Hall–Kier alpha value is -2.93. The molecule has 136 valence electrons. The third-order valence-corrected chi connectivity index (χ3v) is 5.88. The van der Waals surface area contributed by atoms with E-state index in [9.17, 15) is 9.18 Å². The molecule has 0 unspecified atom stereocenters. The first-order valence-electron chi connectivity index (χ1n) is 8.76. The highest BCUT2D eigenvalue weighted by atomic mass is 32.1. The van der Waals surface area contributed by atoms with E-state index in [0.29, 0.717) is 28.6 Å². The Labute approximate surface area is 159 Å². The molecule has 2 aliphatic rings. The van der Waals surface area contributed by atoms with Crippen LogP contribution in [-0.4, -0.2) is 37.1 Å². The molecule has 5 nitrogen and oxygen atoms in total. The molecular formula is C20H16FN3O2S. The van der Waals surface area contributed by atoms with Crippen LogP contribution in [0.15, 0.2) is 48.7 Å². The van der Waals surface area contributed by atoms with Gasteiger partial charge in [0.25, 0.3) is 5.91 Å². The van der Waals surface area contributed by atoms with Gasteiger partial charge in [0.15, 0.2) is 0 Å². The summed E-state index contributed by atoms with van der Waals surface area (Å²) >= 11 is 1.21. The van der Waals surface area contributed by atoms with Gasteiger partial charge in [-0.3, -0.25) is 4.79 Å². The first-order chi connectivity index (χ1) is 13.2. The molecule has 3 aromatic rings. The van der Waals surface area contributed by atoms with Crippen molar-refractivity contribution < 1.29 is 13.9 Å². The summed E-state index contributed by atoms with van der Waals surface area (Å²) < 4.78 is 19.8. The van der Waals surface area contributed by atoms with Crippen molar-refractivity contribution in [1.29, 1.82) is 0 Å². The molecule has 0 N–H and O–H groups in total. The number of amides is 1. The number of carbonyl (C=O) groups is 1. The second kappa shape index (κ2) is 6.35. The van der Waals surface area contributed by atoms with Gasteiger partial charge in [0, 0.05) is 18.7 Å². The van der Waals surface area contributed by atoms with Crippen molar-refractivity contribution in [3.63, 3.8) is 0 Å². The monoisotopic (exact) mass is 381 g/mol. The second-order valence-electron chi connectivity index (χ2n) is 6.43. The van der Waals surface area contributed by atoms with Crippen LogP contribution in [0.25, 0.3) is 10.6 Å². The summed E-state index contributed by atoms with van der Waals surface area (Å²) in [7, 11) is 0. The van der Waals surface area contributed by atoms with Crippen LogP contribution in [0.5, 0.6) is 5.75 Å². The molecule has 1 aromatic heterocycles. The van der Waals surface area contributed by atoms with Crippen LogP contribution < -0.4 is 14.5 Å². The number of aromatic nitrogens is 1. The van der Waals surface area contributed by atoms with Crippen LogP contribution in [0.4, 0.5) is 15.8 Å². The molecule has 0 saturated carbocycles. The Morgan fingerprint density at radius 3 is 2.89 bits per heavy atom. The lowest BCUT2D eigenvalue weighted by Crippen LogP contribution is -2.46. The minimum absolute atomic E-state index is 0.117. The third kappa shape index (κ3) is 2.66. The molecule has 5 rings (SSSR count). The Morgan fingerprint density at radius 2 is 2.00 bits per heavy atom. The Morgan fingerprint density at radius 1 is 1.11 bits per heavy atom. The van der Waals surface area contributed by atoms with Gasteiger partial charge in [0.05, 0.1) is 18.4 Å². The maximum Gasteiger partial charge on any atom is 0.270 e. The number of carbonyl (C=O) groups excluding carboxylic acids is 1. The number of anilines is 2. The molecular weight excluding hydrogens is 365 g/mol. The topological polar surface area (TPSA) is 45.7 Å². The van der Waals surface area contributed by atoms with E-state index in [1.54, 1.807) is 23.1 Å². The minimum atomic E-state index is -0.339. The summed E-state index contributed by atoms with van der Waals surface area (Å²) in [6.45, 7) is 2.84. The number of nitrogens with zero attached hydrogens (tertiary/aromatic N) is 3. The number of rotatable bonds is 2. The van der Waals surface area contributed by atoms with Crippen molar-refractivity contribution in [3.05, 3.63) is 59.4 Å². The van der Waals surface area contributed by atoms with E-state index in [1.165, 1.54) is 23.6 Å². The summed E-state index contributed by atoms with van der Waals surface area (Å²) in [5, 5.41) is 0.508. The summed E-state index contributed by atoms with van der Waals surface area (Å²) in [6.07, 6.45) is 1.53. The van der Waals surface area contributed by atoms with Crippen LogP contribution in [0.2, 0.25) is 0 Å². The van der Waals surface area contributed by atoms with Gasteiger partial charge in [-0.2, -0.15) is 0 Å². The predicted molar refractivity (Wildman–Crippen MR) is 103 cm³/mol. The highest BCUT2D eigenvalue weighted by molar-refractivity contribution is 7.17. The molecule has 7 heteroatoms. The zero-order valence-electron chi connectivity index (χ0n) is 14.4. The molecule has 1 amide bonds. The Balaban J connectivity index is 1.50. The molecule has 0 saturated heterocycles. The molecule has 0 spiro atoms. The van der Waals surface area contributed by atoms with E-state index in [-0.39, 0.29) is 11.7 Å². The van der Waals surface area contributed by atoms with Gasteiger partial charge >= 0.3 is 0 Å². The second-order valence-corrected chi connectivity index (χ2v) is 7.46. The van der Waals surface area contributed by atoms with Crippen molar-refractivity contribution >= 4 is 28.6 Å². The fraction of sp³-hybridized carbons (Fsp3) is 0.200. The van der Waals surface area contributed by atoms with Gasteiger partial charge in [-0.25, -0.2) is 9.37 Å². The first kappa shape index (κ1) is 16.3. The fourth-order valence-corrected chi connectivity index (χ4v) is 4.47. The minimum Gasteiger partial charge on any atom is -0.489 e. The number of hydrogen-bond acceptors (Lipinski definition) is 5.